The summed E-state index contributed by atoms with van der Waals surface area (Å²) >= 11 is 0. The van der Waals surface area contributed by atoms with E-state index in [1.54, 1.807) is 16.9 Å². The van der Waals surface area contributed by atoms with Gasteiger partial charge in [-0.1, -0.05) is 49.0 Å². The Balaban J connectivity index is 1.49. The van der Waals surface area contributed by atoms with Crippen LogP contribution in [0.25, 0.3) is 0 Å². The Labute approximate surface area is 188 Å². The van der Waals surface area contributed by atoms with Crippen LogP contribution in [0.4, 0.5) is 0 Å². The van der Waals surface area contributed by atoms with Crippen molar-refractivity contribution in [3.63, 3.8) is 0 Å². The van der Waals surface area contributed by atoms with E-state index >= 15 is 0 Å². The van der Waals surface area contributed by atoms with Crippen molar-refractivity contribution >= 4 is 11.8 Å². The molecule has 1 unspecified atom stereocenters. The van der Waals surface area contributed by atoms with Crippen molar-refractivity contribution in [1.82, 2.24) is 25.1 Å². The van der Waals surface area contributed by atoms with Gasteiger partial charge in [0.1, 0.15) is 24.3 Å². The summed E-state index contributed by atoms with van der Waals surface area (Å²) in [5, 5.41) is 7.22. The lowest BCUT2D eigenvalue weighted by Gasteiger charge is -2.53. The smallest absolute Gasteiger partial charge is 0.242 e. The van der Waals surface area contributed by atoms with Crippen molar-refractivity contribution in [3.05, 3.63) is 78.1 Å². The summed E-state index contributed by atoms with van der Waals surface area (Å²) in [6.07, 6.45) is -0.312. The van der Waals surface area contributed by atoms with Crippen LogP contribution < -0.4 is 10.1 Å². The minimum atomic E-state index is -0.312. The molecule has 2 saturated heterocycles. The zero-order valence-corrected chi connectivity index (χ0v) is 18.5. The van der Waals surface area contributed by atoms with Crippen LogP contribution >= 0.6 is 0 Å². The number of benzene rings is 2. The molecule has 0 bridgehead atoms. The average molecular weight is 436 g/mol. The number of likely N-dealkylation sites (N-methyl/N-ethyl adjacent to an activating group) is 1. The molecule has 2 heterocycles. The summed E-state index contributed by atoms with van der Waals surface area (Å²) in [6, 6.07) is 17.7. The van der Waals surface area contributed by atoms with Gasteiger partial charge in [0.05, 0.1) is 20.2 Å². The number of nitrogens with zero attached hydrogens (tertiary/aromatic N) is 4. The molecule has 1 atom stereocenters. The molecule has 8 heteroatoms. The predicted octanol–water partition coefficient (Wildman–Crippen LogP) is 1.62. The second-order valence-corrected chi connectivity index (χ2v) is 8.07. The Morgan fingerprint density at radius 1 is 1.03 bits per heavy atom. The molecule has 2 amide bonds. The third-order valence-electron chi connectivity index (χ3n) is 5.88. The highest BCUT2D eigenvalue weighted by Crippen LogP contribution is 2.25. The molecule has 0 spiro atoms. The van der Waals surface area contributed by atoms with Crippen molar-refractivity contribution in [2.45, 2.75) is 19.3 Å². The van der Waals surface area contributed by atoms with Gasteiger partial charge in [0.25, 0.3) is 0 Å². The molecule has 2 aliphatic heterocycles. The van der Waals surface area contributed by atoms with E-state index in [1.807, 2.05) is 71.7 Å². The highest BCUT2D eigenvalue weighted by atomic mass is 16.5. The minimum Gasteiger partial charge on any atom is -0.497 e. The van der Waals surface area contributed by atoms with Gasteiger partial charge in [0.2, 0.25) is 11.8 Å². The standard InChI is InChI=1S/C24H29N5O3/c1-18(25-13-19-7-5-4-6-8-19)29-22-15-27(14-20-9-11-21(32-3)12-10-20)23(30)17-28(22)24(31)16-26(29)2/h4-12,22,25H,1,13-17H2,2-3H3. The molecule has 2 fully saturated rings. The number of ether oxygens (including phenoxy) is 1. The van der Waals surface area contributed by atoms with Crippen molar-refractivity contribution in [3.8, 4) is 5.75 Å². The number of piperazine rings is 1. The minimum absolute atomic E-state index is 0.0537. The normalized spacial score (nSPS) is 19.1. The number of carbonyl (C=O) groups excluding carboxylic acids is 2. The van der Waals surface area contributed by atoms with Gasteiger partial charge in [0.15, 0.2) is 0 Å². The van der Waals surface area contributed by atoms with Crippen LogP contribution in [0.1, 0.15) is 11.1 Å². The summed E-state index contributed by atoms with van der Waals surface area (Å²) < 4.78 is 5.22. The van der Waals surface area contributed by atoms with Crippen molar-refractivity contribution in [1.29, 1.82) is 0 Å². The van der Waals surface area contributed by atoms with E-state index in [2.05, 4.69) is 11.9 Å². The van der Waals surface area contributed by atoms with Gasteiger partial charge in [-0.3, -0.25) is 14.6 Å². The molecule has 32 heavy (non-hydrogen) atoms. The fourth-order valence-corrected chi connectivity index (χ4v) is 4.17. The van der Waals surface area contributed by atoms with Gasteiger partial charge in [-0.2, -0.15) is 0 Å². The zero-order valence-electron chi connectivity index (χ0n) is 18.5. The monoisotopic (exact) mass is 435 g/mol. The highest BCUT2D eigenvalue weighted by Gasteiger charge is 2.44. The maximum Gasteiger partial charge on any atom is 0.242 e. The molecule has 0 aliphatic carbocycles. The largest absolute Gasteiger partial charge is 0.497 e. The van der Waals surface area contributed by atoms with Gasteiger partial charge in [-0.15, -0.1) is 0 Å². The van der Waals surface area contributed by atoms with Crippen LogP contribution in [0.3, 0.4) is 0 Å². The fraction of sp³-hybridized carbons (Fsp3) is 0.333. The first-order valence-corrected chi connectivity index (χ1v) is 10.6. The first-order valence-electron chi connectivity index (χ1n) is 10.6. The average Bonchev–Trinajstić information content (AvgIpc) is 2.80. The van der Waals surface area contributed by atoms with Gasteiger partial charge < -0.3 is 19.9 Å². The number of rotatable bonds is 7. The first kappa shape index (κ1) is 21.7. The summed E-state index contributed by atoms with van der Waals surface area (Å²) in [7, 11) is 3.50. The van der Waals surface area contributed by atoms with E-state index in [9.17, 15) is 9.59 Å². The van der Waals surface area contributed by atoms with Gasteiger partial charge >= 0.3 is 0 Å². The molecule has 1 N–H and O–H groups in total. The van der Waals surface area contributed by atoms with E-state index < -0.39 is 0 Å². The SMILES string of the molecule is C=C(NCc1ccccc1)N1C2CN(Cc3ccc(OC)cc3)C(=O)CN2C(=O)CN1C. The van der Waals surface area contributed by atoms with Gasteiger partial charge in [-0.25, -0.2) is 5.01 Å². The Bertz CT molecular complexity index is 979. The topological polar surface area (TPSA) is 68.4 Å². The summed E-state index contributed by atoms with van der Waals surface area (Å²) in [4.78, 5) is 29.0. The Hall–Kier alpha value is -3.52. The summed E-state index contributed by atoms with van der Waals surface area (Å²) in [5.41, 5.74) is 2.15. The van der Waals surface area contributed by atoms with E-state index in [0.717, 1.165) is 16.9 Å². The number of hydrogen-bond acceptors (Lipinski definition) is 6. The first-order chi connectivity index (χ1) is 15.5. The molecule has 8 nitrogen and oxygen atoms in total. The molecular weight excluding hydrogens is 406 g/mol. The summed E-state index contributed by atoms with van der Waals surface area (Å²) in [5.74, 6) is 1.36. The van der Waals surface area contributed by atoms with E-state index in [0.29, 0.717) is 25.5 Å². The van der Waals surface area contributed by atoms with Crippen LogP contribution in [0.5, 0.6) is 5.75 Å². The summed E-state index contributed by atoms with van der Waals surface area (Å²) in [6.45, 7) is 5.99. The lowest BCUT2D eigenvalue weighted by molar-refractivity contribution is -0.183. The molecule has 168 valence electrons. The third kappa shape index (κ3) is 4.55. The Morgan fingerprint density at radius 2 is 1.75 bits per heavy atom. The second kappa shape index (κ2) is 9.32. The van der Waals surface area contributed by atoms with Gasteiger partial charge in [-0.05, 0) is 23.3 Å². The lowest BCUT2D eigenvalue weighted by Crippen LogP contribution is -2.71. The van der Waals surface area contributed by atoms with Crippen molar-refractivity contribution < 1.29 is 14.3 Å². The second-order valence-electron chi connectivity index (χ2n) is 8.07. The number of nitrogens with one attached hydrogen (secondary N) is 1. The number of methoxy groups -OCH3 is 1. The van der Waals surface area contributed by atoms with E-state index in [-0.39, 0.29) is 31.1 Å². The zero-order chi connectivity index (χ0) is 22.7. The number of hydrogen-bond donors (Lipinski definition) is 1. The number of amides is 2. The van der Waals surface area contributed by atoms with Crippen molar-refractivity contribution in [2.24, 2.45) is 0 Å². The maximum absolute atomic E-state index is 12.8. The van der Waals surface area contributed by atoms with E-state index in [4.69, 9.17) is 4.74 Å². The predicted molar refractivity (Wildman–Crippen MR) is 121 cm³/mol. The molecule has 2 aromatic rings. The van der Waals surface area contributed by atoms with E-state index in [1.165, 1.54) is 0 Å². The van der Waals surface area contributed by atoms with Crippen LogP contribution in [-0.4, -0.2) is 71.6 Å². The van der Waals surface area contributed by atoms with Gasteiger partial charge in [0, 0.05) is 20.1 Å². The number of hydrazine groups is 1. The molecule has 0 radical (unpaired) electrons. The van der Waals surface area contributed by atoms with Crippen LogP contribution in [-0.2, 0) is 22.7 Å². The Kier molecular flexibility index (Phi) is 6.32. The molecular formula is C24H29N5O3. The molecule has 2 aliphatic rings. The fourth-order valence-electron chi connectivity index (χ4n) is 4.17. The van der Waals surface area contributed by atoms with Crippen LogP contribution in [0.15, 0.2) is 67.0 Å². The van der Waals surface area contributed by atoms with Crippen LogP contribution in [0.2, 0.25) is 0 Å². The molecule has 4 rings (SSSR count). The highest BCUT2D eigenvalue weighted by molar-refractivity contribution is 5.87. The molecule has 0 saturated carbocycles. The molecule has 0 aromatic heterocycles. The lowest BCUT2D eigenvalue weighted by atomic mass is 10.1. The quantitative estimate of drug-likeness (QED) is 0.713. The number of fused-ring (bicyclic) bond motifs is 1. The Morgan fingerprint density at radius 3 is 2.44 bits per heavy atom. The van der Waals surface area contributed by atoms with Crippen molar-refractivity contribution in [2.75, 3.05) is 33.8 Å². The maximum atomic E-state index is 12.8. The molecule has 2 aromatic carbocycles. The van der Waals surface area contributed by atoms with Crippen LogP contribution in [0, 0.1) is 0 Å². The number of carbonyl (C=O) groups is 2. The third-order valence-corrected chi connectivity index (χ3v) is 5.88.